The summed E-state index contributed by atoms with van der Waals surface area (Å²) in [5.74, 6) is -2.93. The molecule has 0 saturated carbocycles. The number of benzene rings is 1. The van der Waals surface area contributed by atoms with E-state index in [0.717, 1.165) is 0 Å². The Hall–Kier alpha value is -3.34. The number of carbonyl (C=O) groups is 1. The number of hydrogen-bond donors (Lipinski definition) is 2. The average Bonchev–Trinajstić information content (AvgIpc) is 3.23. The molecule has 0 bridgehead atoms. The van der Waals surface area contributed by atoms with Crippen LogP contribution in [0.15, 0.2) is 52.4 Å². The topological polar surface area (TPSA) is 112 Å². The Morgan fingerprint density at radius 1 is 1.26 bits per heavy atom. The number of nitrogens with zero attached hydrogens (tertiary/aromatic N) is 3. The van der Waals surface area contributed by atoms with E-state index in [0.29, 0.717) is 34.9 Å². The third-order valence-corrected chi connectivity index (χ3v) is 6.97. The Labute approximate surface area is 196 Å². The van der Waals surface area contributed by atoms with Crippen molar-refractivity contribution in [3.63, 3.8) is 0 Å². The quantitative estimate of drug-likeness (QED) is 0.524. The minimum Gasteiger partial charge on any atom is -0.451 e. The summed E-state index contributed by atoms with van der Waals surface area (Å²) in [6.45, 7) is 2.16. The average molecular weight is 490 g/mol. The maximum absolute atomic E-state index is 14.0. The summed E-state index contributed by atoms with van der Waals surface area (Å²) in [6, 6.07) is 6.29. The van der Waals surface area contributed by atoms with Crippen LogP contribution in [0.5, 0.6) is 0 Å². The van der Waals surface area contributed by atoms with Gasteiger partial charge in [-0.05, 0) is 37.1 Å². The molecule has 11 heteroatoms. The number of anilines is 2. The molecule has 1 saturated heterocycles. The molecule has 1 atom stereocenters. The van der Waals surface area contributed by atoms with Crippen LogP contribution < -0.4 is 10.2 Å². The van der Waals surface area contributed by atoms with Crippen molar-refractivity contribution in [2.45, 2.75) is 37.0 Å². The molecular formula is C23H25F2N5O3S. The van der Waals surface area contributed by atoms with Gasteiger partial charge in [0, 0.05) is 54.5 Å². The second kappa shape index (κ2) is 9.13. The zero-order valence-corrected chi connectivity index (χ0v) is 19.6. The molecule has 8 nitrogen and oxygen atoms in total. The Kier molecular flexibility index (Phi) is 6.39. The summed E-state index contributed by atoms with van der Waals surface area (Å²) in [4.78, 5) is 24.1. The maximum Gasteiger partial charge on any atom is 0.259 e. The lowest BCUT2D eigenvalue weighted by molar-refractivity contribution is -0.0102. The number of alkyl halides is 2. The highest BCUT2D eigenvalue weighted by Crippen LogP contribution is 2.34. The molecule has 0 radical (unpaired) electrons. The predicted octanol–water partition coefficient (Wildman–Crippen LogP) is 4.96. The number of hydrogen-bond acceptors (Lipinski definition) is 7. The zero-order valence-electron chi connectivity index (χ0n) is 18.8. The number of oxazole rings is 1. The van der Waals surface area contributed by atoms with Crippen molar-refractivity contribution in [2.24, 2.45) is 0 Å². The van der Waals surface area contributed by atoms with E-state index < -0.39 is 21.6 Å². The van der Waals surface area contributed by atoms with Crippen LogP contribution in [-0.2, 0) is 9.73 Å². The molecule has 1 aliphatic heterocycles. The molecule has 3 aromatic rings. The molecule has 2 aromatic heterocycles. The van der Waals surface area contributed by atoms with Crippen molar-refractivity contribution in [1.82, 2.24) is 9.97 Å². The van der Waals surface area contributed by atoms with E-state index in [1.54, 1.807) is 36.2 Å². The van der Waals surface area contributed by atoms with Gasteiger partial charge >= 0.3 is 0 Å². The molecule has 34 heavy (non-hydrogen) atoms. The molecule has 1 unspecified atom stereocenters. The van der Waals surface area contributed by atoms with Crippen LogP contribution in [0.2, 0.25) is 0 Å². The lowest BCUT2D eigenvalue weighted by Crippen LogP contribution is -2.30. The van der Waals surface area contributed by atoms with Gasteiger partial charge in [-0.2, -0.15) is 0 Å². The summed E-state index contributed by atoms with van der Waals surface area (Å²) in [7, 11) is -2.97. The molecule has 180 valence electrons. The van der Waals surface area contributed by atoms with Crippen molar-refractivity contribution < 1.29 is 22.2 Å². The molecule has 3 heterocycles. The molecule has 1 aromatic carbocycles. The van der Waals surface area contributed by atoms with Gasteiger partial charge in [-0.3, -0.25) is 4.79 Å². The smallest absolute Gasteiger partial charge is 0.259 e. The number of pyridine rings is 1. The Balaban J connectivity index is 1.75. The van der Waals surface area contributed by atoms with Crippen LogP contribution in [0, 0.1) is 11.7 Å². The minimum absolute atomic E-state index is 0.0647. The van der Waals surface area contributed by atoms with Gasteiger partial charge < -0.3 is 14.6 Å². The van der Waals surface area contributed by atoms with Gasteiger partial charge in [0.05, 0.1) is 15.3 Å². The van der Waals surface area contributed by atoms with Gasteiger partial charge in [-0.1, -0.05) is 6.07 Å². The highest BCUT2D eigenvalue weighted by atomic mass is 32.2. The lowest BCUT2D eigenvalue weighted by Gasteiger charge is -2.25. The van der Waals surface area contributed by atoms with Crippen molar-refractivity contribution in [3.8, 4) is 11.3 Å². The maximum atomic E-state index is 14.0. The molecule has 0 spiro atoms. The van der Waals surface area contributed by atoms with Crippen LogP contribution in [0.25, 0.3) is 11.3 Å². The standard InChI is InChI=1S/C23H25F2N5O3S/c1-15-18(19-13-33-14-28-19)12-27-21(30-9-4-7-23(24,25)8-10-30)20(15)22(31)29-16-5-3-6-17(11-16)34(2,26)32/h3,5-6,11-14,26H,4,7-10H2,1-2H3,(H,29,31). The molecular weight excluding hydrogens is 464 g/mol. The number of nitrogens with one attached hydrogen (secondary N) is 2. The van der Waals surface area contributed by atoms with Gasteiger partial charge in [0.15, 0.2) is 6.39 Å². The second-order valence-electron chi connectivity index (χ2n) is 8.39. The minimum atomic E-state index is -2.97. The fourth-order valence-electron chi connectivity index (χ4n) is 3.99. The van der Waals surface area contributed by atoms with Gasteiger partial charge in [-0.15, -0.1) is 0 Å². The third kappa shape index (κ3) is 5.09. The van der Waals surface area contributed by atoms with Crippen LogP contribution in [-0.4, -0.2) is 45.4 Å². The van der Waals surface area contributed by atoms with Crippen molar-refractivity contribution >= 4 is 27.1 Å². The summed E-state index contributed by atoms with van der Waals surface area (Å²) in [5.41, 5.74) is 2.25. The summed E-state index contributed by atoms with van der Waals surface area (Å²) in [6.07, 6.45) is 5.32. The first-order chi connectivity index (χ1) is 16.0. The first-order valence-corrected chi connectivity index (χ1v) is 12.7. The number of carbonyl (C=O) groups excluding carboxylic acids is 1. The predicted molar refractivity (Wildman–Crippen MR) is 125 cm³/mol. The summed E-state index contributed by atoms with van der Waals surface area (Å²) in [5, 5.41) is 2.79. The van der Waals surface area contributed by atoms with E-state index in [4.69, 9.17) is 9.20 Å². The van der Waals surface area contributed by atoms with Gasteiger partial charge in [0.1, 0.15) is 17.8 Å². The molecule has 4 rings (SSSR count). The van der Waals surface area contributed by atoms with Crippen LogP contribution in [0.4, 0.5) is 20.3 Å². The van der Waals surface area contributed by atoms with E-state index in [9.17, 15) is 17.8 Å². The summed E-state index contributed by atoms with van der Waals surface area (Å²) < 4.78 is 53.0. The fourth-order valence-corrected chi connectivity index (χ4v) is 4.68. The first-order valence-electron chi connectivity index (χ1n) is 10.7. The highest BCUT2D eigenvalue weighted by molar-refractivity contribution is 7.91. The molecule has 1 aliphatic rings. The number of rotatable bonds is 5. The van der Waals surface area contributed by atoms with E-state index in [1.165, 1.54) is 25.0 Å². The van der Waals surface area contributed by atoms with Gasteiger partial charge in [0.25, 0.3) is 5.91 Å². The van der Waals surface area contributed by atoms with Crippen molar-refractivity contribution in [1.29, 1.82) is 4.78 Å². The Morgan fingerprint density at radius 2 is 2.06 bits per heavy atom. The molecule has 2 N–H and O–H groups in total. The largest absolute Gasteiger partial charge is 0.451 e. The SMILES string of the molecule is Cc1c(-c2cocn2)cnc(N2CCCC(F)(F)CC2)c1C(=O)Nc1cccc(S(C)(=N)=O)c1. The zero-order chi connectivity index (χ0) is 24.5. The normalized spacial score (nSPS) is 17.6. The molecule has 1 fully saturated rings. The number of halogens is 2. The van der Waals surface area contributed by atoms with Crippen LogP contribution >= 0.6 is 0 Å². The Morgan fingerprint density at radius 3 is 2.76 bits per heavy atom. The van der Waals surface area contributed by atoms with E-state index >= 15 is 0 Å². The third-order valence-electron chi connectivity index (χ3n) is 5.81. The van der Waals surface area contributed by atoms with Gasteiger partial charge in [0.2, 0.25) is 5.92 Å². The van der Waals surface area contributed by atoms with Crippen LogP contribution in [0.3, 0.4) is 0 Å². The molecule has 1 amide bonds. The monoisotopic (exact) mass is 489 g/mol. The van der Waals surface area contributed by atoms with Crippen molar-refractivity contribution in [3.05, 3.63) is 54.2 Å². The Bertz CT molecular complexity index is 1310. The van der Waals surface area contributed by atoms with Crippen LogP contribution in [0.1, 0.15) is 35.2 Å². The highest BCUT2D eigenvalue weighted by Gasteiger charge is 2.33. The van der Waals surface area contributed by atoms with E-state index in [-0.39, 0.29) is 36.3 Å². The number of amides is 1. The van der Waals surface area contributed by atoms with Gasteiger partial charge in [-0.25, -0.2) is 27.7 Å². The van der Waals surface area contributed by atoms with E-state index in [2.05, 4.69) is 15.3 Å². The fraction of sp³-hybridized carbons (Fsp3) is 0.348. The lowest BCUT2D eigenvalue weighted by atomic mass is 10.0. The number of aromatic nitrogens is 2. The van der Waals surface area contributed by atoms with Crippen molar-refractivity contribution in [2.75, 3.05) is 29.6 Å². The molecule has 0 aliphatic carbocycles. The summed E-state index contributed by atoms with van der Waals surface area (Å²) >= 11 is 0. The van der Waals surface area contributed by atoms with E-state index in [1.807, 2.05) is 0 Å². The first kappa shape index (κ1) is 23.8. The second-order valence-corrected chi connectivity index (χ2v) is 10.6.